The average Bonchev–Trinajstić information content (AvgIpc) is 2.48. The summed E-state index contributed by atoms with van der Waals surface area (Å²) < 4.78 is 0. The normalized spacial score (nSPS) is 10.7. The molecule has 1 amide bonds. The van der Waals surface area contributed by atoms with E-state index in [9.17, 15) is 4.79 Å². The Bertz CT molecular complexity index is 587. The smallest absolute Gasteiger partial charge is 0.250 e. The SMILES string of the molecule is O=C(CSc1ccc(Cl)cc1)N/N=C/c1ccncc1. The summed E-state index contributed by atoms with van der Waals surface area (Å²) in [6, 6.07) is 10.9. The Morgan fingerprint density at radius 2 is 1.95 bits per heavy atom. The van der Waals surface area contributed by atoms with Crippen molar-refractivity contribution >= 4 is 35.5 Å². The molecule has 2 aromatic rings. The van der Waals surface area contributed by atoms with Crippen LogP contribution in [0.2, 0.25) is 5.02 Å². The maximum absolute atomic E-state index is 11.6. The quantitative estimate of drug-likeness (QED) is 0.525. The van der Waals surface area contributed by atoms with E-state index in [1.807, 2.05) is 12.1 Å². The van der Waals surface area contributed by atoms with Gasteiger partial charge in [0.2, 0.25) is 5.91 Å². The van der Waals surface area contributed by atoms with Gasteiger partial charge in [0, 0.05) is 22.3 Å². The molecule has 0 aliphatic heterocycles. The first-order valence-corrected chi connectivity index (χ1v) is 7.21. The standard InChI is InChI=1S/C14H12ClN3OS/c15-12-1-3-13(4-2-12)20-10-14(19)18-17-9-11-5-7-16-8-6-11/h1-9H,10H2,(H,18,19)/b17-9+. The lowest BCUT2D eigenvalue weighted by Gasteiger charge is -2.01. The third-order valence-electron chi connectivity index (χ3n) is 2.29. The number of amides is 1. The first-order valence-electron chi connectivity index (χ1n) is 5.84. The van der Waals surface area contributed by atoms with Crippen molar-refractivity contribution in [1.82, 2.24) is 10.4 Å². The number of hydrogen-bond acceptors (Lipinski definition) is 4. The number of aromatic nitrogens is 1. The summed E-state index contributed by atoms with van der Waals surface area (Å²) in [5, 5.41) is 4.56. The van der Waals surface area contributed by atoms with Crippen molar-refractivity contribution in [2.24, 2.45) is 5.10 Å². The van der Waals surface area contributed by atoms with E-state index in [0.717, 1.165) is 10.5 Å². The molecule has 0 unspecified atom stereocenters. The van der Waals surface area contributed by atoms with Gasteiger partial charge in [-0.25, -0.2) is 5.43 Å². The van der Waals surface area contributed by atoms with Crippen LogP contribution in [-0.2, 0) is 4.79 Å². The zero-order chi connectivity index (χ0) is 14.2. The molecule has 0 bridgehead atoms. The average molecular weight is 306 g/mol. The molecule has 0 radical (unpaired) electrons. The highest BCUT2D eigenvalue weighted by Gasteiger charge is 2.01. The van der Waals surface area contributed by atoms with Crippen molar-refractivity contribution < 1.29 is 4.79 Å². The largest absolute Gasteiger partial charge is 0.272 e. The number of thioether (sulfide) groups is 1. The van der Waals surface area contributed by atoms with E-state index in [1.165, 1.54) is 11.8 Å². The van der Waals surface area contributed by atoms with Gasteiger partial charge >= 0.3 is 0 Å². The van der Waals surface area contributed by atoms with Gasteiger partial charge in [-0.15, -0.1) is 11.8 Å². The van der Waals surface area contributed by atoms with Crippen molar-refractivity contribution in [3.8, 4) is 0 Å². The Kier molecular flexibility index (Phi) is 5.58. The number of carbonyl (C=O) groups excluding carboxylic acids is 1. The van der Waals surface area contributed by atoms with Crippen LogP contribution in [0, 0.1) is 0 Å². The van der Waals surface area contributed by atoms with Gasteiger partial charge in [-0.1, -0.05) is 11.6 Å². The third-order valence-corrected chi connectivity index (χ3v) is 3.56. The lowest BCUT2D eigenvalue weighted by Crippen LogP contribution is -2.19. The summed E-state index contributed by atoms with van der Waals surface area (Å²) >= 11 is 7.22. The van der Waals surface area contributed by atoms with Crippen molar-refractivity contribution in [2.45, 2.75) is 4.90 Å². The second-order valence-corrected chi connectivity index (χ2v) is 5.30. The fourth-order valence-electron chi connectivity index (χ4n) is 1.34. The summed E-state index contributed by atoms with van der Waals surface area (Å²) in [7, 11) is 0. The highest BCUT2D eigenvalue weighted by Crippen LogP contribution is 2.19. The third kappa shape index (κ3) is 5.03. The van der Waals surface area contributed by atoms with E-state index < -0.39 is 0 Å². The lowest BCUT2D eigenvalue weighted by molar-refractivity contribution is -0.118. The molecule has 0 aliphatic carbocycles. The minimum Gasteiger partial charge on any atom is -0.272 e. The minimum atomic E-state index is -0.157. The van der Waals surface area contributed by atoms with E-state index in [-0.39, 0.29) is 5.91 Å². The fourth-order valence-corrected chi connectivity index (χ4v) is 2.16. The van der Waals surface area contributed by atoms with Crippen LogP contribution in [-0.4, -0.2) is 22.9 Å². The summed E-state index contributed by atoms with van der Waals surface area (Å²) in [5.74, 6) is 0.144. The van der Waals surface area contributed by atoms with E-state index in [0.29, 0.717) is 10.8 Å². The molecule has 0 aliphatic rings. The molecule has 0 spiro atoms. The van der Waals surface area contributed by atoms with Crippen molar-refractivity contribution in [3.63, 3.8) is 0 Å². The van der Waals surface area contributed by atoms with Crippen molar-refractivity contribution in [2.75, 3.05) is 5.75 Å². The molecule has 1 aromatic carbocycles. The number of benzene rings is 1. The van der Waals surface area contributed by atoms with Crippen LogP contribution in [0.3, 0.4) is 0 Å². The zero-order valence-corrected chi connectivity index (χ0v) is 12.1. The van der Waals surface area contributed by atoms with Crippen LogP contribution in [0.5, 0.6) is 0 Å². The second kappa shape index (κ2) is 7.67. The number of carbonyl (C=O) groups is 1. The van der Waals surface area contributed by atoms with E-state index in [1.54, 1.807) is 42.9 Å². The van der Waals surface area contributed by atoms with Crippen LogP contribution in [0.25, 0.3) is 0 Å². The Morgan fingerprint density at radius 3 is 2.65 bits per heavy atom. The van der Waals surface area contributed by atoms with Gasteiger partial charge in [-0.3, -0.25) is 9.78 Å². The lowest BCUT2D eigenvalue weighted by atomic mass is 10.3. The van der Waals surface area contributed by atoms with Crippen LogP contribution < -0.4 is 5.43 Å². The molecule has 0 fully saturated rings. The number of hydrazone groups is 1. The Balaban J connectivity index is 1.76. The van der Waals surface area contributed by atoms with Crippen LogP contribution in [0.1, 0.15) is 5.56 Å². The molecule has 6 heteroatoms. The number of nitrogens with one attached hydrogen (secondary N) is 1. The molecular weight excluding hydrogens is 294 g/mol. The fraction of sp³-hybridized carbons (Fsp3) is 0.0714. The number of pyridine rings is 1. The maximum Gasteiger partial charge on any atom is 0.250 e. The van der Waals surface area contributed by atoms with E-state index in [4.69, 9.17) is 11.6 Å². The monoisotopic (exact) mass is 305 g/mol. The predicted octanol–water partition coefficient (Wildman–Crippen LogP) is 2.98. The van der Waals surface area contributed by atoms with Crippen LogP contribution >= 0.6 is 23.4 Å². The van der Waals surface area contributed by atoms with E-state index in [2.05, 4.69) is 15.5 Å². The van der Waals surface area contributed by atoms with Crippen LogP contribution in [0.15, 0.2) is 58.8 Å². The summed E-state index contributed by atoms with van der Waals surface area (Å²) in [5.41, 5.74) is 3.36. The molecule has 102 valence electrons. The molecule has 0 atom stereocenters. The van der Waals surface area contributed by atoms with Gasteiger partial charge in [0.05, 0.1) is 12.0 Å². The van der Waals surface area contributed by atoms with Gasteiger partial charge in [-0.2, -0.15) is 5.10 Å². The molecule has 1 heterocycles. The predicted molar refractivity (Wildman–Crippen MR) is 82.1 cm³/mol. The minimum absolute atomic E-state index is 0.157. The highest BCUT2D eigenvalue weighted by molar-refractivity contribution is 8.00. The Hall–Kier alpha value is -1.85. The zero-order valence-electron chi connectivity index (χ0n) is 10.5. The molecule has 0 saturated carbocycles. The first kappa shape index (κ1) is 14.6. The molecule has 4 nitrogen and oxygen atoms in total. The van der Waals surface area contributed by atoms with Crippen molar-refractivity contribution in [1.29, 1.82) is 0 Å². The number of halogens is 1. The summed E-state index contributed by atoms with van der Waals surface area (Å²) in [6.45, 7) is 0. The number of rotatable bonds is 5. The Morgan fingerprint density at radius 1 is 1.25 bits per heavy atom. The van der Waals surface area contributed by atoms with Crippen molar-refractivity contribution in [3.05, 3.63) is 59.4 Å². The van der Waals surface area contributed by atoms with Crippen LogP contribution in [0.4, 0.5) is 0 Å². The molecule has 20 heavy (non-hydrogen) atoms. The van der Waals surface area contributed by atoms with Gasteiger partial charge in [-0.05, 0) is 42.0 Å². The first-order chi connectivity index (χ1) is 9.74. The van der Waals surface area contributed by atoms with Gasteiger partial charge in [0.25, 0.3) is 0 Å². The number of hydrogen-bond donors (Lipinski definition) is 1. The molecule has 1 N–H and O–H groups in total. The number of nitrogens with zero attached hydrogens (tertiary/aromatic N) is 2. The van der Waals surface area contributed by atoms with Gasteiger partial charge in [0.1, 0.15) is 0 Å². The topological polar surface area (TPSA) is 54.4 Å². The van der Waals surface area contributed by atoms with Gasteiger partial charge < -0.3 is 0 Å². The second-order valence-electron chi connectivity index (χ2n) is 3.82. The molecular formula is C14H12ClN3OS. The molecule has 0 saturated heterocycles. The highest BCUT2D eigenvalue weighted by atomic mass is 35.5. The van der Waals surface area contributed by atoms with E-state index >= 15 is 0 Å². The Labute approximate surface area is 126 Å². The molecule has 1 aromatic heterocycles. The summed E-state index contributed by atoms with van der Waals surface area (Å²) in [4.78, 5) is 16.5. The van der Waals surface area contributed by atoms with Gasteiger partial charge in [0.15, 0.2) is 0 Å². The maximum atomic E-state index is 11.6. The summed E-state index contributed by atoms with van der Waals surface area (Å²) in [6.07, 6.45) is 4.91. The molecule has 2 rings (SSSR count).